The number of nitrogens with zero attached hydrogens (tertiary/aromatic N) is 1. The number of piperazine rings is 1. The second-order valence-corrected chi connectivity index (χ2v) is 3.59. The minimum atomic E-state index is 0.642. The normalized spacial score (nSPS) is 28.1. The third kappa shape index (κ3) is 4.40. The van der Waals surface area contributed by atoms with Crippen molar-refractivity contribution in [2.24, 2.45) is 0 Å². The van der Waals surface area contributed by atoms with Crippen LogP contribution < -0.4 is 5.32 Å². The lowest BCUT2D eigenvalue weighted by atomic mass is 10.1. The molecule has 0 spiro atoms. The van der Waals surface area contributed by atoms with Gasteiger partial charge in [0, 0.05) is 38.8 Å². The number of methoxy groups -OCH3 is 1. The van der Waals surface area contributed by atoms with E-state index in [1.807, 2.05) is 13.8 Å². The van der Waals surface area contributed by atoms with Gasteiger partial charge in [-0.3, -0.25) is 4.90 Å². The highest BCUT2D eigenvalue weighted by atomic mass is 16.5. The standard InChI is InChI=1S/C9H20N2O.C2H6/c1-8-6-10-7-9(2)11(8)4-5-12-3;1-2/h8-10H,4-7H2,1-3H3;1-2H3. The molecule has 2 atom stereocenters. The van der Waals surface area contributed by atoms with E-state index in [9.17, 15) is 0 Å². The molecule has 3 heteroatoms. The molecular weight excluding hydrogens is 176 g/mol. The van der Waals surface area contributed by atoms with Gasteiger partial charge in [0.05, 0.1) is 6.61 Å². The Morgan fingerprint density at radius 2 is 1.71 bits per heavy atom. The van der Waals surface area contributed by atoms with Crippen LogP contribution in [0.2, 0.25) is 0 Å². The van der Waals surface area contributed by atoms with Gasteiger partial charge in [0.25, 0.3) is 0 Å². The van der Waals surface area contributed by atoms with Gasteiger partial charge in [0.2, 0.25) is 0 Å². The summed E-state index contributed by atoms with van der Waals surface area (Å²) in [5.74, 6) is 0. The summed E-state index contributed by atoms with van der Waals surface area (Å²) < 4.78 is 5.08. The average molecular weight is 202 g/mol. The van der Waals surface area contributed by atoms with Crippen molar-refractivity contribution in [3.8, 4) is 0 Å². The van der Waals surface area contributed by atoms with Gasteiger partial charge in [-0.2, -0.15) is 0 Å². The molecule has 1 fully saturated rings. The number of rotatable bonds is 3. The van der Waals surface area contributed by atoms with Gasteiger partial charge in [0.15, 0.2) is 0 Å². The fourth-order valence-electron chi connectivity index (χ4n) is 1.81. The zero-order valence-electron chi connectivity index (χ0n) is 10.3. The van der Waals surface area contributed by atoms with Crippen LogP contribution in [0.1, 0.15) is 27.7 Å². The van der Waals surface area contributed by atoms with E-state index in [1.54, 1.807) is 7.11 Å². The lowest BCUT2D eigenvalue weighted by molar-refractivity contribution is 0.0758. The zero-order chi connectivity index (χ0) is 11.0. The molecular formula is C11H26N2O. The highest BCUT2D eigenvalue weighted by molar-refractivity contribution is 4.81. The van der Waals surface area contributed by atoms with Crippen molar-refractivity contribution in [2.75, 3.05) is 33.4 Å². The summed E-state index contributed by atoms with van der Waals surface area (Å²) in [5.41, 5.74) is 0. The van der Waals surface area contributed by atoms with Crippen LogP contribution in [0.25, 0.3) is 0 Å². The molecule has 3 nitrogen and oxygen atoms in total. The van der Waals surface area contributed by atoms with Crippen LogP contribution in [0.4, 0.5) is 0 Å². The minimum Gasteiger partial charge on any atom is -0.383 e. The molecule has 1 aliphatic heterocycles. The van der Waals surface area contributed by atoms with Crippen molar-refractivity contribution in [3.63, 3.8) is 0 Å². The highest BCUT2D eigenvalue weighted by Gasteiger charge is 2.23. The fraction of sp³-hybridized carbons (Fsp3) is 1.00. The fourth-order valence-corrected chi connectivity index (χ4v) is 1.81. The Labute approximate surface area is 88.8 Å². The number of hydrogen-bond donors (Lipinski definition) is 1. The molecule has 14 heavy (non-hydrogen) atoms. The van der Waals surface area contributed by atoms with E-state index < -0.39 is 0 Å². The van der Waals surface area contributed by atoms with Gasteiger partial charge in [-0.25, -0.2) is 0 Å². The van der Waals surface area contributed by atoms with Crippen LogP contribution in [0.5, 0.6) is 0 Å². The first-order valence-electron chi connectivity index (χ1n) is 5.71. The monoisotopic (exact) mass is 202 g/mol. The molecule has 1 aliphatic rings. The predicted octanol–water partition coefficient (Wildman–Crippen LogP) is 1.34. The van der Waals surface area contributed by atoms with Gasteiger partial charge < -0.3 is 10.1 Å². The summed E-state index contributed by atoms with van der Waals surface area (Å²) in [7, 11) is 1.76. The first kappa shape index (κ1) is 13.9. The van der Waals surface area contributed by atoms with E-state index in [1.165, 1.54) is 0 Å². The Bertz CT molecular complexity index is 120. The predicted molar refractivity (Wildman–Crippen MR) is 61.7 cm³/mol. The van der Waals surface area contributed by atoms with Crippen LogP contribution in [0.3, 0.4) is 0 Å². The van der Waals surface area contributed by atoms with E-state index in [0.29, 0.717) is 12.1 Å². The topological polar surface area (TPSA) is 24.5 Å². The summed E-state index contributed by atoms with van der Waals surface area (Å²) in [4.78, 5) is 2.50. The summed E-state index contributed by atoms with van der Waals surface area (Å²) >= 11 is 0. The first-order valence-corrected chi connectivity index (χ1v) is 5.71. The number of hydrogen-bond acceptors (Lipinski definition) is 3. The molecule has 0 aliphatic carbocycles. The molecule has 0 saturated carbocycles. The third-order valence-electron chi connectivity index (χ3n) is 2.57. The molecule has 1 rings (SSSR count). The van der Waals surface area contributed by atoms with E-state index in [-0.39, 0.29) is 0 Å². The molecule has 2 unspecified atom stereocenters. The third-order valence-corrected chi connectivity index (χ3v) is 2.57. The summed E-state index contributed by atoms with van der Waals surface area (Å²) in [6, 6.07) is 1.28. The van der Waals surface area contributed by atoms with E-state index in [4.69, 9.17) is 4.74 Å². The van der Waals surface area contributed by atoms with Crippen LogP contribution in [-0.2, 0) is 4.74 Å². The maximum absolute atomic E-state index is 5.08. The summed E-state index contributed by atoms with van der Waals surface area (Å²) in [6.45, 7) is 12.6. The van der Waals surface area contributed by atoms with Gasteiger partial charge in [-0.05, 0) is 13.8 Å². The van der Waals surface area contributed by atoms with Gasteiger partial charge in [-0.1, -0.05) is 13.8 Å². The molecule has 0 radical (unpaired) electrons. The Balaban J connectivity index is 0.000000791. The van der Waals surface area contributed by atoms with Crippen LogP contribution in [0.15, 0.2) is 0 Å². The van der Waals surface area contributed by atoms with Gasteiger partial charge >= 0.3 is 0 Å². The highest BCUT2D eigenvalue weighted by Crippen LogP contribution is 2.08. The second kappa shape index (κ2) is 8.21. The summed E-state index contributed by atoms with van der Waals surface area (Å²) in [6.07, 6.45) is 0. The molecule has 0 bridgehead atoms. The maximum Gasteiger partial charge on any atom is 0.0589 e. The largest absolute Gasteiger partial charge is 0.383 e. The van der Waals surface area contributed by atoms with Crippen molar-refractivity contribution in [3.05, 3.63) is 0 Å². The second-order valence-electron chi connectivity index (χ2n) is 3.59. The average Bonchev–Trinajstić information content (AvgIpc) is 2.20. The van der Waals surface area contributed by atoms with E-state index >= 15 is 0 Å². The Morgan fingerprint density at radius 3 is 2.14 bits per heavy atom. The Kier molecular flexibility index (Phi) is 8.14. The molecule has 0 aromatic rings. The number of nitrogens with one attached hydrogen (secondary N) is 1. The van der Waals surface area contributed by atoms with Crippen molar-refractivity contribution in [1.29, 1.82) is 0 Å². The van der Waals surface area contributed by atoms with Crippen LogP contribution >= 0.6 is 0 Å². The van der Waals surface area contributed by atoms with Crippen molar-refractivity contribution in [1.82, 2.24) is 10.2 Å². The van der Waals surface area contributed by atoms with Crippen molar-refractivity contribution in [2.45, 2.75) is 39.8 Å². The molecule has 0 amide bonds. The van der Waals surface area contributed by atoms with E-state index in [0.717, 1.165) is 26.2 Å². The first-order chi connectivity index (χ1) is 6.75. The van der Waals surface area contributed by atoms with Gasteiger partial charge in [-0.15, -0.1) is 0 Å². The molecule has 1 N–H and O–H groups in total. The Morgan fingerprint density at radius 1 is 1.21 bits per heavy atom. The smallest absolute Gasteiger partial charge is 0.0589 e. The molecule has 0 aromatic heterocycles. The Hall–Kier alpha value is -0.120. The minimum absolute atomic E-state index is 0.642. The zero-order valence-corrected chi connectivity index (χ0v) is 10.3. The van der Waals surface area contributed by atoms with Crippen molar-refractivity contribution >= 4 is 0 Å². The lowest BCUT2D eigenvalue weighted by Gasteiger charge is -2.39. The molecule has 1 saturated heterocycles. The van der Waals surface area contributed by atoms with Crippen LogP contribution in [0, 0.1) is 0 Å². The van der Waals surface area contributed by atoms with Crippen molar-refractivity contribution < 1.29 is 4.74 Å². The quantitative estimate of drug-likeness (QED) is 0.747. The van der Waals surface area contributed by atoms with Crippen LogP contribution in [-0.4, -0.2) is 50.3 Å². The maximum atomic E-state index is 5.08. The molecule has 86 valence electrons. The SMILES string of the molecule is CC.COCCN1C(C)CNCC1C. The summed E-state index contributed by atoms with van der Waals surface area (Å²) in [5, 5.41) is 3.41. The lowest BCUT2D eigenvalue weighted by Crippen LogP contribution is -2.55. The van der Waals surface area contributed by atoms with Gasteiger partial charge in [0.1, 0.15) is 0 Å². The van der Waals surface area contributed by atoms with E-state index in [2.05, 4.69) is 24.1 Å². The molecule has 1 heterocycles. The number of ether oxygens (including phenoxy) is 1. The molecule has 0 aromatic carbocycles.